The fourth-order valence-electron chi connectivity index (χ4n) is 1.03. The van der Waals surface area contributed by atoms with E-state index in [0.717, 1.165) is 8.95 Å². The second-order valence-corrected chi connectivity index (χ2v) is 7.73. The van der Waals surface area contributed by atoms with Crippen molar-refractivity contribution in [2.45, 2.75) is 0 Å². The van der Waals surface area contributed by atoms with Gasteiger partial charge in [-0.25, -0.2) is 0 Å². The Morgan fingerprint density at radius 2 is 0.933 bits per heavy atom. The minimum atomic E-state index is 0.0806. The molecule has 15 heavy (non-hydrogen) atoms. The van der Waals surface area contributed by atoms with Gasteiger partial charge >= 0.3 is 117 Å². The Morgan fingerprint density at radius 3 is 1.27 bits per heavy atom. The van der Waals surface area contributed by atoms with Crippen LogP contribution in [0.25, 0.3) is 0 Å². The summed E-state index contributed by atoms with van der Waals surface area (Å²) >= 11 is 6.97. The molecule has 0 nitrogen and oxygen atoms in total. The van der Waals surface area contributed by atoms with Crippen molar-refractivity contribution in [2.24, 2.45) is 0 Å². The van der Waals surface area contributed by atoms with Gasteiger partial charge in [0.15, 0.2) is 0 Å². The van der Waals surface area contributed by atoms with Crippen LogP contribution in [0.3, 0.4) is 0 Å². The van der Waals surface area contributed by atoms with Gasteiger partial charge in [0.1, 0.15) is 0 Å². The fourth-order valence-corrected chi connectivity index (χ4v) is 3.73. The molecule has 2 rings (SSSR count). The van der Waals surface area contributed by atoms with Gasteiger partial charge in [0.2, 0.25) is 0 Å². The quantitative estimate of drug-likeness (QED) is 0.546. The molecule has 0 aliphatic heterocycles. The van der Waals surface area contributed by atoms with E-state index in [-0.39, 0.29) is 19.8 Å². The first kappa shape index (κ1) is 11.6. The van der Waals surface area contributed by atoms with Gasteiger partial charge in [-0.05, 0) is 0 Å². The first-order valence-corrected chi connectivity index (χ1v) is 8.07. The molecule has 0 aliphatic carbocycles. The van der Waals surface area contributed by atoms with Crippen molar-refractivity contribution in [1.29, 1.82) is 0 Å². The molecule has 0 saturated heterocycles. The number of hydrogen-bond acceptors (Lipinski definition) is 0. The van der Waals surface area contributed by atoms with Crippen LogP contribution < -0.4 is 7.56 Å². The van der Waals surface area contributed by atoms with Gasteiger partial charge < -0.3 is 0 Å². The van der Waals surface area contributed by atoms with E-state index in [1.807, 2.05) is 0 Å². The second kappa shape index (κ2) is 5.46. The van der Waals surface area contributed by atoms with Gasteiger partial charge in [-0.2, -0.15) is 0 Å². The average molecular weight is 509 g/mol. The van der Waals surface area contributed by atoms with Crippen LogP contribution in [0.2, 0.25) is 0 Å². The maximum absolute atomic E-state index is 3.45. The molecule has 0 atom stereocenters. The molecule has 0 saturated carbocycles. The second-order valence-electron chi connectivity index (χ2n) is 2.86. The number of hydrogen-bond donors (Lipinski definition) is 0. The summed E-state index contributed by atoms with van der Waals surface area (Å²) < 4.78 is 5.15. The summed E-state index contributed by atoms with van der Waals surface area (Å²) in [5.41, 5.74) is 0. The van der Waals surface area contributed by atoms with Crippen LogP contribution >= 0.6 is 31.9 Å². The van der Waals surface area contributed by atoms with Crippen molar-refractivity contribution in [3.05, 3.63) is 57.5 Å². The maximum atomic E-state index is 3.45. The Kier molecular flexibility index (Phi) is 4.23. The molecule has 2 aromatic rings. The molecule has 0 aromatic heterocycles. The third-order valence-corrected chi connectivity index (χ3v) is 5.48. The van der Waals surface area contributed by atoms with Crippen LogP contribution in [0, 0.1) is 0 Å². The van der Waals surface area contributed by atoms with Crippen molar-refractivity contribution in [2.75, 3.05) is 0 Å². The van der Waals surface area contributed by atoms with Gasteiger partial charge in [-0.15, -0.1) is 0 Å². The van der Waals surface area contributed by atoms with Gasteiger partial charge in [-0.3, -0.25) is 0 Å². The molecule has 0 fully saturated rings. The summed E-state index contributed by atoms with van der Waals surface area (Å²) in [6.45, 7) is 0. The zero-order valence-corrected chi connectivity index (χ0v) is 13.0. The van der Waals surface area contributed by atoms with Gasteiger partial charge in [0.05, 0.1) is 0 Å². The zero-order chi connectivity index (χ0) is 10.7. The van der Waals surface area contributed by atoms with E-state index in [9.17, 15) is 0 Å². The predicted molar refractivity (Wildman–Crippen MR) is 67.6 cm³/mol. The molecule has 0 heterocycles. The average Bonchev–Trinajstić information content (AvgIpc) is 2.25. The Bertz CT molecular complexity index is 391. The van der Waals surface area contributed by atoms with Crippen molar-refractivity contribution in [1.82, 2.24) is 0 Å². The summed E-state index contributed by atoms with van der Waals surface area (Å²) in [5.74, 6) is 0. The topological polar surface area (TPSA) is 0 Å². The molecule has 3 heteroatoms. The van der Waals surface area contributed by atoms with E-state index in [2.05, 4.69) is 80.4 Å². The Labute approximate surface area is 116 Å². The molecule has 0 radical (unpaired) electrons. The van der Waals surface area contributed by atoms with Gasteiger partial charge in [0, 0.05) is 0 Å². The van der Waals surface area contributed by atoms with Gasteiger partial charge in [0.25, 0.3) is 0 Å². The van der Waals surface area contributed by atoms with Crippen molar-refractivity contribution < 1.29 is 19.8 Å². The van der Waals surface area contributed by atoms with Crippen molar-refractivity contribution >= 4 is 39.4 Å². The third kappa shape index (κ3) is 3.58. The fraction of sp³-hybridized carbons (Fsp3) is 0. The van der Waals surface area contributed by atoms with E-state index < -0.39 is 0 Å². The van der Waals surface area contributed by atoms with Crippen LogP contribution in [-0.4, -0.2) is 0 Å². The van der Waals surface area contributed by atoms with Crippen LogP contribution in [0.4, 0.5) is 0 Å². The molecule has 0 bridgehead atoms. The minimum absolute atomic E-state index is 0.0806. The first-order chi connectivity index (χ1) is 7.24. The predicted octanol–water partition coefficient (Wildman–Crippen LogP) is 3.24. The number of halogens is 2. The normalized spacial score (nSPS) is 10.5. The Morgan fingerprint density at radius 1 is 0.600 bits per heavy atom. The molecular formula is C12H8AuBr2. The van der Waals surface area contributed by atoms with Crippen LogP contribution in [0.1, 0.15) is 0 Å². The molecule has 0 amide bonds. The Hall–Kier alpha value is 0.140. The molecule has 0 spiro atoms. The molecule has 0 aliphatic rings. The van der Waals surface area contributed by atoms with E-state index in [1.165, 1.54) is 7.56 Å². The number of rotatable bonds is 2. The van der Waals surface area contributed by atoms with E-state index >= 15 is 0 Å². The van der Waals surface area contributed by atoms with Crippen molar-refractivity contribution in [3.63, 3.8) is 0 Å². The SMILES string of the molecule is Brc1cc[c]([Au][c]2ccc(Br)cc2)cc1. The van der Waals surface area contributed by atoms with E-state index in [4.69, 9.17) is 0 Å². The third-order valence-electron chi connectivity index (χ3n) is 1.73. The van der Waals surface area contributed by atoms with Crippen LogP contribution in [0.15, 0.2) is 57.5 Å². The summed E-state index contributed by atoms with van der Waals surface area (Å²) in [4.78, 5) is 0. The molecular weight excluding hydrogens is 501 g/mol. The summed E-state index contributed by atoms with van der Waals surface area (Å²) in [5, 5.41) is 0. The van der Waals surface area contributed by atoms with Crippen molar-refractivity contribution in [3.8, 4) is 0 Å². The standard InChI is InChI=1S/2C6H4Br.Au/c2*7-6-4-2-1-3-5-6;/h2*2-5H;. The summed E-state index contributed by atoms with van der Waals surface area (Å²) in [6, 6.07) is 17.2. The van der Waals surface area contributed by atoms with Crippen LogP contribution in [0.5, 0.6) is 0 Å². The van der Waals surface area contributed by atoms with Gasteiger partial charge in [-0.1, -0.05) is 0 Å². The summed E-state index contributed by atoms with van der Waals surface area (Å²) in [6.07, 6.45) is 0. The number of benzene rings is 2. The first-order valence-electron chi connectivity index (χ1n) is 4.32. The molecule has 2 aromatic carbocycles. The molecule has 0 N–H and O–H groups in total. The zero-order valence-electron chi connectivity index (χ0n) is 7.68. The molecule has 81 valence electrons. The van der Waals surface area contributed by atoms with E-state index in [0.29, 0.717) is 0 Å². The van der Waals surface area contributed by atoms with Crippen LogP contribution in [-0.2, 0) is 19.8 Å². The monoisotopic (exact) mass is 507 g/mol. The molecule has 0 unspecified atom stereocenters. The summed E-state index contributed by atoms with van der Waals surface area (Å²) in [7, 11) is 0. The van der Waals surface area contributed by atoms with E-state index in [1.54, 1.807) is 0 Å². The Balaban J connectivity index is 2.15.